The molecule has 0 radical (unpaired) electrons. The SMILES string of the molecule is CC(=O)Nc1ccc(NC(=O)C(C)n2cnc3sc4c(c3c2=O)CCC4)cc1. The maximum atomic E-state index is 13.0. The number of amides is 2. The van der Waals surface area contributed by atoms with Crippen molar-refractivity contribution in [1.29, 1.82) is 0 Å². The van der Waals surface area contributed by atoms with Crippen LogP contribution in [0.1, 0.15) is 36.8 Å². The Kier molecular flexibility index (Phi) is 4.72. The fourth-order valence-corrected chi connectivity index (χ4v) is 4.71. The Morgan fingerprint density at radius 3 is 2.50 bits per heavy atom. The summed E-state index contributed by atoms with van der Waals surface area (Å²) in [7, 11) is 0. The smallest absolute Gasteiger partial charge is 0.263 e. The van der Waals surface area contributed by atoms with E-state index in [4.69, 9.17) is 0 Å². The van der Waals surface area contributed by atoms with E-state index in [2.05, 4.69) is 15.6 Å². The van der Waals surface area contributed by atoms with Crippen LogP contribution in [0.25, 0.3) is 10.2 Å². The molecule has 2 N–H and O–H groups in total. The van der Waals surface area contributed by atoms with Crippen molar-refractivity contribution < 1.29 is 9.59 Å². The highest BCUT2D eigenvalue weighted by molar-refractivity contribution is 7.18. The highest BCUT2D eigenvalue weighted by atomic mass is 32.1. The summed E-state index contributed by atoms with van der Waals surface area (Å²) >= 11 is 1.58. The number of thiophene rings is 1. The molecule has 1 unspecified atom stereocenters. The molecule has 4 rings (SSSR count). The molecule has 28 heavy (non-hydrogen) atoms. The number of benzene rings is 1. The molecule has 1 atom stereocenters. The predicted octanol–water partition coefficient (Wildman–Crippen LogP) is 3.10. The molecule has 1 aliphatic carbocycles. The number of nitrogens with one attached hydrogen (secondary N) is 2. The van der Waals surface area contributed by atoms with Gasteiger partial charge in [0.25, 0.3) is 5.56 Å². The van der Waals surface area contributed by atoms with Gasteiger partial charge in [-0.25, -0.2) is 4.98 Å². The van der Waals surface area contributed by atoms with Crippen LogP contribution in [0.3, 0.4) is 0 Å². The fraction of sp³-hybridized carbons (Fsp3) is 0.300. The van der Waals surface area contributed by atoms with Crippen LogP contribution in [0, 0.1) is 0 Å². The number of carbonyl (C=O) groups excluding carboxylic acids is 2. The summed E-state index contributed by atoms with van der Waals surface area (Å²) < 4.78 is 1.40. The Bertz CT molecular complexity index is 1130. The minimum atomic E-state index is -0.698. The molecule has 8 heteroatoms. The lowest BCUT2D eigenvalue weighted by molar-refractivity contribution is -0.119. The van der Waals surface area contributed by atoms with Gasteiger partial charge >= 0.3 is 0 Å². The highest BCUT2D eigenvalue weighted by Gasteiger charge is 2.24. The second-order valence-electron chi connectivity index (χ2n) is 6.92. The summed E-state index contributed by atoms with van der Waals surface area (Å²) in [5, 5.41) is 6.14. The van der Waals surface area contributed by atoms with Gasteiger partial charge in [0.15, 0.2) is 0 Å². The van der Waals surface area contributed by atoms with E-state index < -0.39 is 6.04 Å². The number of aryl methyl sites for hydroxylation is 2. The van der Waals surface area contributed by atoms with Crippen molar-refractivity contribution in [2.45, 2.75) is 39.2 Å². The lowest BCUT2D eigenvalue weighted by Crippen LogP contribution is -2.31. The van der Waals surface area contributed by atoms with Crippen molar-refractivity contribution in [3.05, 3.63) is 51.4 Å². The van der Waals surface area contributed by atoms with Crippen LogP contribution in [0.5, 0.6) is 0 Å². The molecule has 0 bridgehead atoms. The molecule has 144 valence electrons. The van der Waals surface area contributed by atoms with E-state index >= 15 is 0 Å². The number of hydrogen-bond acceptors (Lipinski definition) is 5. The number of rotatable bonds is 4. The van der Waals surface area contributed by atoms with Crippen molar-refractivity contribution in [1.82, 2.24) is 9.55 Å². The zero-order chi connectivity index (χ0) is 19.8. The van der Waals surface area contributed by atoms with Crippen LogP contribution in [-0.4, -0.2) is 21.4 Å². The van der Waals surface area contributed by atoms with Crippen LogP contribution in [0.2, 0.25) is 0 Å². The second kappa shape index (κ2) is 7.20. The molecule has 0 spiro atoms. The van der Waals surface area contributed by atoms with E-state index in [0.29, 0.717) is 16.8 Å². The molecule has 1 aromatic carbocycles. The van der Waals surface area contributed by atoms with Crippen LogP contribution < -0.4 is 16.2 Å². The number of hydrogen-bond donors (Lipinski definition) is 2. The quantitative estimate of drug-likeness (QED) is 0.709. The molecule has 2 amide bonds. The van der Waals surface area contributed by atoms with E-state index in [0.717, 1.165) is 29.7 Å². The maximum Gasteiger partial charge on any atom is 0.263 e. The number of fused-ring (bicyclic) bond motifs is 3. The number of carbonyl (C=O) groups is 2. The minimum absolute atomic E-state index is 0.159. The second-order valence-corrected chi connectivity index (χ2v) is 8.00. The van der Waals surface area contributed by atoms with Gasteiger partial charge in [-0.1, -0.05) is 0 Å². The first-order valence-corrected chi connectivity index (χ1v) is 9.95. The Morgan fingerprint density at radius 2 is 1.82 bits per heavy atom. The molecule has 2 aromatic heterocycles. The van der Waals surface area contributed by atoms with Crippen LogP contribution in [0.15, 0.2) is 35.4 Å². The Hall–Kier alpha value is -3.00. The number of nitrogens with zero attached hydrogens (tertiary/aromatic N) is 2. The summed E-state index contributed by atoms with van der Waals surface area (Å²) in [5.41, 5.74) is 2.18. The summed E-state index contributed by atoms with van der Waals surface area (Å²) in [5.74, 6) is -0.463. The molecule has 0 fully saturated rings. The largest absolute Gasteiger partial charge is 0.326 e. The maximum absolute atomic E-state index is 13.0. The third-order valence-corrected chi connectivity index (χ3v) is 6.12. The lowest BCUT2D eigenvalue weighted by Gasteiger charge is -2.15. The van der Waals surface area contributed by atoms with Gasteiger partial charge in [0.2, 0.25) is 11.8 Å². The van der Waals surface area contributed by atoms with E-state index in [-0.39, 0.29) is 17.4 Å². The van der Waals surface area contributed by atoms with Crippen molar-refractivity contribution >= 4 is 44.7 Å². The lowest BCUT2D eigenvalue weighted by atomic mass is 10.2. The average Bonchev–Trinajstić information content (AvgIpc) is 3.23. The first-order chi connectivity index (χ1) is 13.4. The average molecular weight is 396 g/mol. The summed E-state index contributed by atoms with van der Waals surface area (Å²) in [6.07, 6.45) is 4.42. The van der Waals surface area contributed by atoms with Crippen molar-refractivity contribution in [3.63, 3.8) is 0 Å². The zero-order valence-corrected chi connectivity index (χ0v) is 16.4. The summed E-state index contributed by atoms with van der Waals surface area (Å²) in [4.78, 5) is 43.2. The predicted molar refractivity (Wildman–Crippen MR) is 110 cm³/mol. The minimum Gasteiger partial charge on any atom is -0.326 e. The van der Waals surface area contributed by atoms with Crippen LogP contribution in [0.4, 0.5) is 11.4 Å². The van der Waals surface area contributed by atoms with Crippen LogP contribution >= 0.6 is 11.3 Å². The Balaban J connectivity index is 1.56. The third-order valence-electron chi connectivity index (χ3n) is 4.92. The third kappa shape index (κ3) is 3.31. The standard InChI is InChI=1S/C20H20N4O3S/c1-11(18(26)23-14-8-6-13(7-9-14)22-12(2)25)24-10-21-19-17(20(24)27)15-4-3-5-16(15)28-19/h6-11H,3-5H2,1-2H3,(H,22,25)(H,23,26). The molecule has 0 aliphatic heterocycles. The van der Waals surface area contributed by atoms with E-state index in [1.807, 2.05) is 0 Å². The fourth-order valence-electron chi connectivity index (χ4n) is 3.49. The zero-order valence-electron chi connectivity index (χ0n) is 15.6. The Labute approximate surface area is 165 Å². The molecular weight excluding hydrogens is 376 g/mol. The van der Waals surface area contributed by atoms with E-state index in [1.165, 1.54) is 22.7 Å². The van der Waals surface area contributed by atoms with Gasteiger partial charge < -0.3 is 10.6 Å². The van der Waals surface area contributed by atoms with E-state index in [9.17, 15) is 14.4 Å². The topological polar surface area (TPSA) is 93.1 Å². The van der Waals surface area contributed by atoms with Gasteiger partial charge in [0, 0.05) is 23.2 Å². The normalized spacial score (nSPS) is 13.9. The Morgan fingerprint density at radius 1 is 1.14 bits per heavy atom. The first kappa shape index (κ1) is 18.4. The van der Waals surface area contributed by atoms with Crippen molar-refractivity contribution in [3.8, 4) is 0 Å². The van der Waals surface area contributed by atoms with Gasteiger partial charge in [0.05, 0.1) is 11.7 Å². The molecule has 1 aliphatic rings. The molecule has 2 heterocycles. The van der Waals surface area contributed by atoms with E-state index in [1.54, 1.807) is 42.5 Å². The first-order valence-electron chi connectivity index (χ1n) is 9.14. The van der Waals surface area contributed by atoms with Gasteiger partial charge in [-0.05, 0) is 56.0 Å². The van der Waals surface area contributed by atoms with Gasteiger partial charge in [0.1, 0.15) is 10.9 Å². The molecule has 0 saturated carbocycles. The molecular formula is C20H20N4O3S. The highest BCUT2D eigenvalue weighted by Crippen LogP contribution is 2.34. The van der Waals surface area contributed by atoms with Crippen molar-refractivity contribution in [2.75, 3.05) is 10.6 Å². The van der Waals surface area contributed by atoms with Gasteiger partial charge in [-0.15, -0.1) is 11.3 Å². The summed E-state index contributed by atoms with van der Waals surface area (Å²) in [6.45, 7) is 3.12. The van der Waals surface area contributed by atoms with Gasteiger partial charge in [-0.3, -0.25) is 19.0 Å². The molecule has 3 aromatic rings. The number of aromatic nitrogens is 2. The summed E-state index contributed by atoms with van der Waals surface area (Å²) in [6, 6.07) is 6.11. The molecule has 7 nitrogen and oxygen atoms in total. The van der Waals surface area contributed by atoms with Crippen molar-refractivity contribution in [2.24, 2.45) is 0 Å². The monoisotopic (exact) mass is 396 g/mol. The van der Waals surface area contributed by atoms with Crippen LogP contribution in [-0.2, 0) is 22.4 Å². The molecule has 0 saturated heterocycles. The number of anilines is 2. The van der Waals surface area contributed by atoms with Gasteiger partial charge in [-0.2, -0.15) is 0 Å².